The first kappa shape index (κ1) is 12.3. The molecule has 84 valence electrons. The van der Waals surface area contributed by atoms with Gasteiger partial charge in [0.2, 0.25) is 0 Å². The maximum Gasteiger partial charge on any atom is 0.339 e. The summed E-state index contributed by atoms with van der Waals surface area (Å²) >= 11 is 5.70. The third kappa shape index (κ3) is 2.10. The second-order valence-corrected chi connectivity index (χ2v) is 3.18. The van der Waals surface area contributed by atoms with Gasteiger partial charge >= 0.3 is 5.97 Å². The average molecular weight is 240 g/mol. The van der Waals surface area contributed by atoms with Crippen molar-refractivity contribution in [2.45, 2.75) is 5.88 Å². The molecule has 0 saturated carbocycles. The summed E-state index contributed by atoms with van der Waals surface area (Å²) in [6, 6.07) is 5.16. The lowest BCUT2D eigenvalue weighted by Crippen LogP contribution is -2.09. The highest BCUT2D eigenvalue weighted by atomic mass is 35.5. The molecule has 0 saturated heterocycles. The summed E-state index contributed by atoms with van der Waals surface area (Å²) < 4.78 is 9.61. The van der Waals surface area contributed by atoms with Crippen molar-refractivity contribution in [1.29, 1.82) is 5.26 Å². The van der Waals surface area contributed by atoms with Crippen LogP contribution in [0.3, 0.4) is 0 Å². The molecule has 0 N–H and O–H groups in total. The topological polar surface area (TPSA) is 59.3 Å². The maximum atomic E-state index is 11.6. The van der Waals surface area contributed by atoms with Crippen LogP contribution in [0.25, 0.3) is 0 Å². The Balaban J connectivity index is 3.50. The van der Waals surface area contributed by atoms with E-state index < -0.39 is 5.97 Å². The van der Waals surface area contributed by atoms with Crippen molar-refractivity contribution in [2.24, 2.45) is 0 Å². The maximum absolute atomic E-state index is 11.6. The van der Waals surface area contributed by atoms with Crippen molar-refractivity contribution in [3.05, 3.63) is 28.8 Å². The molecule has 16 heavy (non-hydrogen) atoms. The smallest absolute Gasteiger partial charge is 0.339 e. The standard InChI is InChI=1S/C11H10ClNO3/c1-15-9-4-3-7(5-12)10(8(9)6-13)11(14)16-2/h3-4H,5H2,1-2H3. The molecule has 0 fully saturated rings. The zero-order valence-electron chi connectivity index (χ0n) is 8.91. The number of carbonyl (C=O) groups excluding carboxylic acids is 1. The van der Waals surface area contributed by atoms with Crippen LogP contribution in [-0.4, -0.2) is 20.2 Å². The van der Waals surface area contributed by atoms with E-state index in [1.165, 1.54) is 14.2 Å². The number of hydrogen-bond donors (Lipinski definition) is 0. The molecule has 5 heteroatoms. The minimum Gasteiger partial charge on any atom is -0.495 e. The van der Waals surface area contributed by atoms with Gasteiger partial charge in [-0.3, -0.25) is 0 Å². The summed E-state index contributed by atoms with van der Waals surface area (Å²) in [6.45, 7) is 0. The van der Waals surface area contributed by atoms with Gasteiger partial charge in [0.05, 0.1) is 19.8 Å². The van der Waals surface area contributed by atoms with Crippen LogP contribution in [0.15, 0.2) is 12.1 Å². The Bertz CT molecular complexity index is 451. The second kappa shape index (κ2) is 5.38. The number of methoxy groups -OCH3 is 2. The lowest BCUT2D eigenvalue weighted by molar-refractivity contribution is 0.0599. The van der Waals surface area contributed by atoms with Crippen molar-refractivity contribution in [3.8, 4) is 11.8 Å². The van der Waals surface area contributed by atoms with Crippen LogP contribution in [0.4, 0.5) is 0 Å². The number of halogens is 1. The minimum atomic E-state index is -0.592. The zero-order chi connectivity index (χ0) is 12.1. The van der Waals surface area contributed by atoms with Gasteiger partial charge in [-0.2, -0.15) is 5.26 Å². The zero-order valence-corrected chi connectivity index (χ0v) is 9.67. The summed E-state index contributed by atoms with van der Waals surface area (Å²) in [6.07, 6.45) is 0. The Morgan fingerprint density at radius 2 is 2.19 bits per heavy atom. The van der Waals surface area contributed by atoms with E-state index in [9.17, 15) is 4.79 Å². The van der Waals surface area contributed by atoms with E-state index in [0.717, 1.165) is 0 Å². The van der Waals surface area contributed by atoms with E-state index in [0.29, 0.717) is 11.3 Å². The summed E-state index contributed by atoms with van der Waals surface area (Å²) in [7, 11) is 2.68. The molecule has 0 bridgehead atoms. The van der Waals surface area contributed by atoms with Crippen LogP contribution >= 0.6 is 11.6 Å². The Morgan fingerprint density at radius 1 is 1.50 bits per heavy atom. The monoisotopic (exact) mass is 239 g/mol. The molecule has 0 unspecified atom stereocenters. The molecule has 0 heterocycles. The van der Waals surface area contributed by atoms with Gasteiger partial charge in [-0.1, -0.05) is 6.07 Å². The molecule has 1 rings (SSSR count). The number of carbonyl (C=O) groups is 1. The van der Waals surface area contributed by atoms with E-state index >= 15 is 0 Å². The Hall–Kier alpha value is -1.73. The van der Waals surface area contributed by atoms with Crippen LogP contribution in [-0.2, 0) is 10.6 Å². The second-order valence-electron chi connectivity index (χ2n) is 2.91. The molecule has 0 aliphatic heterocycles. The molecule has 0 aromatic heterocycles. The third-order valence-corrected chi connectivity index (χ3v) is 2.41. The predicted octanol–water partition coefficient (Wildman–Crippen LogP) is 2.09. The molecule has 0 spiro atoms. The number of rotatable bonds is 3. The third-order valence-electron chi connectivity index (χ3n) is 2.12. The molecular weight excluding hydrogens is 230 g/mol. The Morgan fingerprint density at radius 3 is 2.62 bits per heavy atom. The average Bonchev–Trinajstić information content (AvgIpc) is 2.35. The Kier molecular flexibility index (Phi) is 4.15. The fourth-order valence-electron chi connectivity index (χ4n) is 1.35. The quantitative estimate of drug-likeness (QED) is 0.599. The lowest BCUT2D eigenvalue weighted by Gasteiger charge is -2.10. The molecule has 1 aromatic rings. The number of ether oxygens (including phenoxy) is 2. The first-order valence-electron chi connectivity index (χ1n) is 4.43. The van der Waals surface area contributed by atoms with Crippen LogP contribution in [0.1, 0.15) is 21.5 Å². The number of esters is 1. The van der Waals surface area contributed by atoms with E-state index in [2.05, 4.69) is 4.74 Å². The van der Waals surface area contributed by atoms with E-state index in [-0.39, 0.29) is 17.0 Å². The minimum absolute atomic E-state index is 0.128. The van der Waals surface area contributed by atoms with E-state index in [4.69, 9.17) is 21.6 Å². The lowest BCUT2D eigenvalue weighted by atomic mass is 10.0. The molecule has 4 nitrogen and oxygen atoms in total. The first-order valence-corrected chi connectivity index (χ1v) is 4.97. The van der Waals surface area contributed by atoms with Crippen LogP contribution in [0.2, 0.25) is 0 Å². The molecule has 0 radical (unpaired) electrons. The molecule has 0 atom stereocenters. The summed E-state index contributed by atoms with van der Waals surface area (Å²) in [5.41, 5.74) is 0.859. The summed E-state index contributed by atoms with van der Waals surface area (Å²) in [5.74, 6) is -0.133. The largest absolute Gasteiger partial charge is 0.495 e. The molecule has 0 aliphatic carbocycles. The highest BCUT2D eigenvalue weighted by molar-refractivity contribution is 6.17. The fraction of sp³-hybridized carbons (Fsp3) is 0.273. The summed E-state index contributed by atoms with van der Waals surface area (Å²) in [4.78, 5) is 11.6. The molecule has 0 amide bonds. The fourth-order valence-corrected chi connectivity index (χ4v) is 1.58. The van der Waals surface area contributed by atoms with Gasteiger partial charge in [-0.05, 0) is 11.6 Å². The predicted molar refractivity (Wildman–Crippen MR) is 58.6 cm³/mol. The molecular formula is C11H10ClNO3. The normalized spacial score (nSPS) is 9.38. The van der Waals surface area contributed by atoms with Gasteiger partial charge in [0.25, 0.3) is 0 Å². The van der Waals surface area contributed by atoms with Crippen molar-refractivity contribution in [1.82, 2.24) is 0 Å². The number of nitriles is 1. The van der Waals surface area contributed by atoms with E-state index in [1.807, 2.05) is 6.07 Å². The summed E-state index contributed by atoms with van der Waals surface area (Å²) in [5, 5.41) is 9.01. The number of nitrogens with zero attached hydrogens (tertiary/aromatic N) is 1. The van der Waals surface area contributed by atoms with Gasteiger partial charge in [0.15, 0.2) is 0 Å². The van der Waals surface area contributed by atoms with Crippen molar-refractivity contribution >= 4 is 17.6 Å². The van der Waals surface area contributed by atoms with Gasteiger partial charge in [0, 0.05) is 5.88 Å². The van der Waals surface area contributed by atoms with Crippen molar-refractivity contribution in [3.63, 3.8) is 0 Å². The van der Waals surface area contributed by atoms with Gasteiger partial charge in [0.1, 0.15) is 17.4 Å². The van der Waals surface area contributed by atoms with Crippen LogP contribution < -0.4 is 4.74 Å². The van der Waals surface area contributed by atoms with Crippen molar-refractivity contribution in [2.75, 3.05) is 14.2 Å². The van der Waals surface area contributed by atoms with Gasteiger partial charge < -0.3 is 9.47 Å². The number of hydrogen-bond acceptors (Lipinski definition) is 4. The first-order chi connectivity index (χ1) is 7.69. The Labute approximate surface area is 98.3 Å². The van der Waals surface area contributed by atoms with Crippen LogP contribution in [0, 0.1) is 11.3 Å². The number of benzene rings is 1. The molecule has 0 aliphatic rings. The van der Waals surface area contributed by atoms with E-state index in [1.54, 1.807) is 12.1 Å². The highest BCUT2D eigenvalue weighted by Gasteiger charge is 2.20. The molecule has 1 aromatic carbocycles. The van der Waals surface area contributed by atoms with Gasteiger partial charge in [-0.25, -0.2) is 4.79 Å². The van der Waals surface area contributed by atoms with Gasteiger partial charge in [-0.15, -0.1) is 11.6 Å². The highest BCUT2D eigenvalue weighted by Crippen LogP contribution is 2.26. The SMILES string of the molecule is COC(=O)c1c(CCl)ccc(OC)c1C#N. The van der Waals surface area contributed by atoms with Crippen LogP contribution in [0.5, 0.6) is 5.75 Å². The van der Waals surface area contributed by atoms with Crippen molar-refractivity contribution < 1.29 is 14.3 Å². The number of alkyl halides is 1.